The van der Waals surface area contributed by atoms with Crippen LogP contribution in [0.4, 0.5) is 0 Å². The number of rotatable bonds is 6. The van der Waals surface area contributed by atoms with E-state index in [1.807, 2.05) is 0 Å². The number of azo groups is 1. The molecule has 0 fully saturated rings. The van der Waals surface area contributed by atoms with Gasteiger partial charge >= 0.3 is 0 Å². The van der Waals surface area contributed by atoms with Gasteiger partial charge in [-0.15, -0.1) is 0 Å². The molecule has 6 N–H and O–H groups in total. The summed E-state index contributed by atoms with van der Waals surface area (Å²) in [7, 11) is 0. The van der Waals surface area contributed by atoms with E-state index in [4.69, 9.17) is 22.3 Å². The number of nitrogens with two attached hydrogens (primary N) is 2. The van der Waals surface area contributed by atoms with Gasteiger partial charge in [-0.25, -0.2) is 0 Å². The van der Waals surface area contributed by atoms with E-state index in [9.17, 15) is 0 Å². The summed E-state index contributed by atoms with van der Waals surface area (Å²) in [5.74, 6) is -0.0562. The molecule has 6 nitrogen and oxygen atoms in total. The first-order chi connectivity index (χ1) is 6.41. The third-order valence-corrected chi connectivity index (χ3v) is 1.27. The molecule has 78 valence electrons. The van der Waals surface area contributed by atoms with Crippen LogP contribution in [-0.2, 0) is 0 Å². The molecule has 0 aliphatic heterocycles. The summed E-state index contributed by atoms with van der Waals surface area (Å²) >= 11 is 0. The summed E-state index contributed by atoms with van der Waals surface area (Å²) in [5.41, 5.74) is 10.3. The third kappa shape index (κ3) is 7.20. The van der Waals surface area contributed by atoms with Crippen LogP contribution in [0.3, 0.4) is 0 Å². The van der Waals surface area contributed by atoms with Gasteiger partial charge in [0.2, 0.25) is 0 Å². The minimum Gasteiger partial charge on any atom is -0.387 e. The third-order valence-electron chi connectivity index (χ3n) is 1.27. The van der Waals surface area contributed by atoms with E-state index in [0.717, 1.165) is 0 Å². The first-order valence-corrected chi connectivity index (χ1v) is 4.19. The highest BCUT2D eigenvalue weighted by Crippen LogP contribution is 2.00. The van der Waals surface area contributed by atoms with Gasteiger partial charge in [0.05, 0.1) is 36.6 Å². The van der Waals surface area contributed by atoms with Gasteiger partial charge in [0, 0.05) is 0 Å². The van der Waals surface area contributed by atoms with Gasteiger partial charge in [-0.1, -0.05) is 0 Å². The van der Waals surface area contributed by atoms with Gasteiger partial charge in [0.1, 0.15) is 0 Å². The van der Waals surface area contributed by atoms with E-state index in [2.05, 4.69) is 10.2 Å². The predicted molar refractivity (Wildman–Crippen MR) is 56.2 cm³/mol. The summed E-state index contributed by atoms with van der Waals surface area (Å²) in [4.78, 5) is 0. The molecule has 2 atom stereocenters. The predicted octanol–water partition coefficient (Wildman–Crippen LogP) is 0.496. The van der Waals surface area contributed by atoms with Crippen LogP contribution in [0, 0.1) is 23.7 Å². The molecule has 0 saturated carbocycles. The number of hydrogen-bond acceptors (Lipinski definition) is 4. The average Bonchev–Trinajstić information content (AvgIpc) is 1.98. The van der Waals surface area contributed by atoms with Gasteiger partial charge in [-0.2, -0.15) is 10.2 Å². The normalized spacial score (nSPS) is 15.3. The van der Waals surface area contributed by atoms with Crippen LogP contribution in [0.1, 0.15) is 13.8 Å². The van der Waals surface area contributed by atoms with E-state index in [-0.39, 0.29) is 23.8 Å². The van der Waals surface area contributed by atoms with E-state index in [1.54, 1.807) is 13.8 Å². The molecule has 0 heterocycles. The molecule has 0 aliphatic rings. The summed E-state index contributed by atoms with van der Waals surface area (Å²) in [6, 6.07) is -0.453. The van der Waals surface area contributed by atoms with Gasteiger partial charge in [-0.3, -0.25) is 10.8 Å². The van der Waals surface area contributed by atoms with Crippen molar-refractivity contribution in [3.63, 3.8) is 0 Å². The fourth-order valence-corrected chi connectivity index (χ4v) is 0.797. The van der Waals surface area contributed by atoms with Crippen molar-refractivity contribution >= 4 is 11.7 Å². The zero-order valence-corrected chi connectivity index (χ0v) is 8.36. The van der Waals surface area contributed by atoms with Crippen molar-refractivity contribution in [2.75, 3.05) is 0 Å². The fraction of sp³-hybridized carbons (Fsp3) is 0.500. The molecule has 0 aromatic heterocycles. The SMILES string of the molecule is CC([CH]C(=N)N)/N=N/C(C)[CH]C(=N)N. The topological polar surface area (TPSA) is 124 Å². The molecule has 0 saturated heterocycles. The molecule has 14 heavy (non-hydrogen) atoms. The summed E-state index contributed by atoms with van der Waals surface area (Å²) in [6.45, 7) is 3.54. The molecule has 0 aliphatic carbocycles. The lowest BCUT2D eigenvalue weighted by Crippen LogP contribution is -2.18. The summed E-state index contributed by atoms with van der Waals surface area (Å²) in [5, 5.41) is 21.7. The molecule has 2 radical (unpaired) electrons. The molecule has 0 amide bonds. The van der Waals surface area contributed by atoms with Gasteiger partial charge in [-0.05, 0) is 13.8 Å². The Labute approximate surface area is 83.8 Å². The Bertz CT molecular complexity index is 210. The van der Waals surface area contributed by atoms with Gasteiger partial charge < -0.3 is 11.5 Å². The second-order valence-corrected chi connectivity index (χ2v) is 2.96. The molecule has 2 unspecified atom stereocenters. The van der Waals surface area contributed by atoms with Crippen molar-refractivity contribution in [2.24, 2.45) is 21.7 Å². The highest BCUT2D eigenvalue weighted by Gasteiger charge is 2.04. The lowest BCUT2D eigenvalue weighted by molar-refractivity contribution is 0.720. The Morgan fingerprint density at radius 2 is 1.29 bits per heavy atom. The van der Waals surface area contributed by atoms with Gasteiger partial charge in [0.25, 0.3) is 0 Å². The molecular weight excluding hydrogens is 180 g/mol. The minimum absolute atomic E-state index is 0.0281. The maximum atomic E-state index is 6.98. The molecule has 0 aromatic rings. The Kier molecular flexibility index (Phi) is 5.43. The Hall–Kier alpha value is -1.46. The number of amidine groups is 2. The van der Waals surface area contributed by atoms with Crippen LogP contribution in [0.15, 0.2) is 10.2 Å². The number of hydrogen-bond donors (Lipinski definition) is 4. The van der Waals surface area contributed by atoms with Crippen molar-refractivity contribution in [1.82, 2.24) is 0 Å². The van der Waals surface area contributed by atoms with Crippen molar-refractivity contribution in [3.05, 3.63) is 12.8 Å². The monoisotopic (exact) mass is 196 g/mol. The smallest absolute Gasteiger partial charge is 0.0967 e. The van der Waals surface area contributed by atoms with Crippen molar-refractivity contribution in [3.8, 4) is 0 Å². The zero-order chi connectivity index (χ0) is 11.1. The van der Waals surface area contributed by atoms with Crippen molar-refractivity contribution in [2.45, 2.75) is 25.9 Å². The quantitative estimate of drug-likeness (QED) is 0.280. The van der Waals surface area contributed by atoms with Crippen molar-refractivity contribution < 1.29 is 0 Å². The molecule has 6 heteroatoms. The van der Waals surface area contributed by atoms with Crippen LogP contribution in [0.5, 0.6) is 0 Å². The first kappa shape index (κ1) is 12.5. The van der Waals surface area contributed by atoms with E-state index >= 15 is 0 Å². The summed E-state index contributed by atoms with van der Waals surface area (Å²) in [6.07, 6.45) is 2.95. The summed E-state index contributed by atoms with van der Waals surface area (Å²) < 4.78 is 0. The number of nitrogens with zero attached hydrogens (tertiary/aromatic N) is 2. The van der Waals surface area contributed by atoms with Crippen molar-refractivity contribution in [1.29, 1.82) is 10.8 Å². The second kappa shape index (κ2) is 6.06. The maximum absolute atomic E-state index is 6.98. The number of nitrogens with one attached hydrogen (secondary N) is 2. The molecule has 0 spiro atoms. The largest absolute Gasteiger partial charge is 0.387 e. The zero-order valence-electron chi connectivity index (χ0n) is 8.36. The van der Waals surface area contributed by atoms with Crippen LogP contribution in [0.2, 0.25) is 0 Å². The second-order valence-electron chi connectivity index (χ2n) is 2.96. The first-order valence-electron chi connectivity index (χ1n) is 4.19. The Morgan fingerprint density at radius 1 is 1.00 bits per heavy atom. The van der Waals surface area contributed by atoms with Crippen LogP contribution < -0.4 is 11.5 Å². The average molecular weight is 196 g/mol. The highest BCUT2D eigenvalue weighted by molar-refractivity contribution is 5.86. The molecule has 0 bridgehead atoms. The van der Waals surface area contributed by atoms with Gasteiger partial charge in [0.15, 0.2) is 0 Å². The fourth-order valence-electron chi connectivity index (χ4n) is 0.797. The highest BCUT2D eigenvalue weighted by atomic mass is 15.1. The lowest BCUT2D eigenvalue weighted by atomic mass is 10.2. The van der Waals surface area contributed by atoms with E-state index in [0.29, 0.717) is 0 Å². The Morgan fingerprint density at radius 3 is 1.50 bits per heavy atom. The molecule has 0 rings (SSSR count). The lowest BCUT2D eigenvalue weighted by Gasteiger charge is -2.05. The minimum atomic E-state index is -0.227. The standard InChI is InChI=1S/C8H16N6/c1-5(3-7(9)10)13-14-6(2)4-8(11)12/h3-6H,1-2H3,(H3,9,10)(H3,11,12)/b14-13+. The van der Waals surface area contributed by atoms with Crippen LogP contribution in [0.25, 0.3) is 0 Å². The molecular formula is C8H16N6. The molecule has 0 aromatic carbocycles. The Balaban J connectivity index is 3.90. The van der Waals surface area contributed by atoms with E-state index in [1.165, 1.54) is 12.8 Å². The van der Waals surface area contributed by atoms with E-state index < -0.39 is 0 Å². The van der Waals surface area contributed by atoms with Crippen LogP contribution in [-0.4, -0.2) is 23.8 Å². The maximum Gasteiger partial charge on any atom is 0.0967 e. The van der Waals surface area contributed by atoms with Crippen LogP contribution >= 0.6 is 0 Å².